The van der Waals surface area contributed by atoms with Crippen molar-refractivity contribution in [2.24, 2.45) is 5.73 Å². The lowest BCUT2D eigenvalue weighted by Crippen LogP contribution is -2.21. The minimum absolute atomic E-state index is 0.0437. The Morgan fingerprint density at radius 1 is 0.975 bits per heavy atom. The first-order valence-electron chi connectivity index (χ1n) is 12.8. The van der Waals surface area contributed by atoms with E-state index in [4.69, 9.17) is 52.6 Å². The molecular weight excluding hydrogens is 555 g/mol. The Balaban J connectivity index is 1.67. The Hall–Kier alpha value is -4.06. The lowest BCUT2D eigenvalue weighted by molar-refractivity contribution is 0.0734. The molecule has 0 spiro atoms. The average molecular weight is 583 g/mol. The molecule has 1 atom stereocenters. The van der Waals surface area contributed by atoms with Gasteiger partial charge < -0.3 is 29.4 Å². The van der Waals surface area contributed by atoms with E-state index in [1.54, 1.807) is 25.1 Å². The highest BCUT2D eigenvalue weighted by Gasteiger charge is 2.32. The molecule has 40 heavy (non-hydrogen) atoms. The summed E-state index contributed by atoms with van der Waals surface area (Å²) in [6, 6.07) is 15.4. The van der Waals surface area contributed by atoms with Crippen LogP contribution in [-0.2, 0) is 0 Å². The van der Waals surface area contributed by atoms with E-state index >= 15 is 0 Å². The van der Waals surface area contributed by atoms with Gasteiger partial charge in [-0.25, -0.2) is 4.79 Å². The predicted octanol–water partition coefficient (Wildman–Crippen LogP) is 7.02. The lowest BCUT2D eigenvalue weighted by Gasteiger charge is -2.27. The third kappa shape index (κ3) is 6.06. The smallest absolute Gasteiger partial charge is 0.343 e. The highest BCUT2D eigenvalue weighted by Crippen LogP contribution is 2.45. The number of hydrogen-bond acceptors (Lipinski definition) is 8. The normalized spacial score (nSPS) is 14.1. The number of nitriles is 1. The van der Waals surface area contributed by atoms with Gasteiger partial charge in [-0.05, 0) is 56.2 Å². The van der Waals surface area contributed by atoms with Crippen LogP contribution in [0.25, 0.3) is 0 Å². The molecule has 208 valence electrons. The van der Waals surface area contributed by atoms with Gasteiger partial charge in [0.05, 0.1) is 41.3 Å². The van der Waals surface area contributed by atoms with Crippen LogP contribution in [0.5, 0.6) is 28.7 Å². The zero-order valence-corrected chi connectivity index (χ0v) is 23.8. The molecule has 0 aromatic heterocycles. The Labute approximate surface area is 242 Å². The molecule has 1 heterocycles. The number of fused-ring (bicyclic) bond motifs is 1. The number of halogens is 2. The summed E-state index contributed by atoms with van der Waals surface area (Å²) in [5.74, 6) is 0.768. The Kier molecular flexibility index (Phi) is 9.30. The predicted molar refractivity (Wildman–Crippen MR) is 152 cm³/mol. The van der Waals surface area contributed by atoms with Crippen LogP contribution in [-0.4, -0.2) is 25.8 Å². The molecular formula is C30H28Cl2N2O6. The second-order valence-electron chi connectivity index (χ2n) is 8.70. The van der Waals surface area contributed by atoms with Crippen LogP contribution < -0.4 is 29.4 Å². The number of ether oxygens (including phenoxy) is 5. The number of rotatable bonds is 10. The van der Waals surface area contributed by atoms with Gasteiger partial charge >= 0.3 is 5.97 Å². The van der Waals surface area contributed by atoms with E-state index in [0.29, 0.717) is 48.4 Å². The van der Waals surface area contributed by atoms with E-state index in [0.717, 1.165) is 12.0 Å². The highest BCUT2D eigenvalue weighted by atomic mass is 35.5. The fourth-order valence-corrected chi connectivity index (χ4v) is 4.87. The number of nitrogens with two attached hydrogens (primary N) is 1. The Morgan fingerprint density at radius 2 is 1.70 bits per heavy atom. The molecule has 0 bridgehead atoms. The maximum atomic E-state index is 12.9. The van der Waals surface area contributed by atoms with Crippen molar-refractivity contribution >= 4 is 29.2 Å². The SMILES string of the molecule is CCCOc1ccc(C2C(C#N)=C(N)Oc3cc(OC(=O)c4cc(Cl)c(OCC)c(Cl)c4)ccc32)cc1OCC. The van der Waals surface area contributed by atoms with Crippen molar-refractivity contribution in [3.63, 3.8) is 0 Å². The molecule has 2 N–H and O–H groups in total. The molecule has 0 amide bonds. The summed E-state index contributed by atoms with van der Waals surface area (Å²) in [5, 5.41) is 10.3. The second-order valence-corrected chi connectivity index (χ2v) is 9.52. The van der Waals surface area contributed by atoms with E-state index in [1.807, 2.05) is 32.0 Å². The Morgan fingerprint density at radius 3 is 2.35 bits per heavy atom. The van der Waals surface area contributed by atoms with Gasteiger partial charge in [-0.2, -0.15) is 5.26 Å². The van der Waals surface area contributed by atoms with E-state index in [1.165, 1.54) is 12.1 Å². The summed E-state index contributed by atoms with van der Waals surface area (Å²) in [6.07, 6.45) is 0.851. The number of benzene rings is 3. The van der Waals surface area contributed by atoms with Crippen LogP contribution >= 0.6 is 23.2 Å². The van der Waals surface area contributed by atoms with Crippen molar-refractivity contribution < 1.29 is 28.5 Å². The zero-order valence-electron chi connectivity index (χ0n) is 22.3. The first-order valence-corrected chi connectivity index (χ1v) is 13.5. The van der Waals surface area contributed by atoms with Crippen molar-refractivity contribution in [2.75, 3.05) is 19.8 Å². The molecule has 0 saturated heterocycles. The summed E-state index contributed by atoms with van der Waals surface area (Å²) in [6.45, 7) is 7.07. The summed E-state index contributed by atoms with van der Waals surface area (Å²) in [7, 11) is 0. The molecule has 3 aromatic carbocycles. The van der Waals surface area contributed by atoms with Crippen molar-refractivity contribution in [2.45, 2.75) is 33.1 Å². The molecule has 1 unspecified atom stereocenters. The van der Waals surface area contributed by atoms with Gasteiger partial charge in [0.15, 0.2) is 17.2 Å². The van der Waals surface area contributed by atoms with Gasteiger partial charge in [0, 0.05) is 11.6 Å². The summed E-state index contributed by atoms with van der Waals surface area (Å²) >= 11 is 12.5. The quantitative estimate of drug-likeness (QED) is 0.200. The molecule has 1 aliphatic rings. The number of allylic oxidation sites excluding steroid dienone is 1. The molecule has 0 radical (unpaired) electrons. The summed E-state index contributed by atoms with van der Waals surface area (Å²) in [5.41, 5.74) is 8.00. The van der Waals surface area contributed by atoms with Crippen LogP contribution in [0.3, 0.4) is 0 Å². The monoisotopic (exact) mass is 582 g/mol. The molecule has 3 aromatic rings. The maximum Gasteiger partial charge on any atom is 0.343 e. The van der Waals surface area contributed by atoms with Gasteiger partial charge in [-0.3, -0.25) is 0 Å². The fraction of sp³-hybridized carbons (Fsp3) is 0.267. The molecule has 0 fully saturated rings. The lowest BCUT2D eigenvalue weighted by atomic mass is 9.83. The van der Waals surface area contributed by atoms with Gasteiger partial charge in [0.2, 0.25) is 5.88 Å². The van der Waals surface area contributed by atoms with Crippen LogP contribution in [0.2, 0.25) is 10.0 Å². The molecule has 1 aliphatic heterocycles. The maximum absolute atomic E-state index is 12.9. The van der Waals surface area contributed by atoms with E-state index < -0.39 is 11.9 Å². The number of carbonyl (C=O) groups excluding carboxylic acids is 1. The zero-order chi connectivity index (χ0) is 28.8. The van der Waals surface area contributed by atoms with Crippen LogP contribution in [0.4, 0.5) is 0 Å². The third-order valence-electron chi connectivity index (χ3n) is 5.99. The number of esters is 1. The van der Waals surface area contributed by atoms with E-state index in [-0.39, 0.29) is 32.8 Å². The molecule has 4 rings (SSSR count). The molecule has 8 nitrogen and oxygen atoms in total. The fourth-order valence-electron chi connectivity index (χ4n) is 4.27. The van der Waals surface area contributed by atoms with Crippen molar-refractivity contribution in [3.8, 4) is 34.8 Å². The summed E-state index contributed by atoms with van der Waals surface area (Å²) < 4.78 is 28.4. The third-order valence-corrected chi connectivity index (χ3v) is 6.55. The van der Waals surface area contributed by atoms with Crippen molar-refractivity contribution in [3.05, 3.63) is 86.7 Å². The first-order chi connectivity index (χ1) is 19.3. The standard InChI is InChI=1S/C30H28Cl2N2O6/c1-4-11-38-24-10-7-17(14-26(24)36-5-2)27-20-9-8-19(15-25(20)40-29(34)21(27)16-33)39-30(35)18-12-22(31)28(37-6-3)23(32)13-18/h7-10,12-15,27H,4-6,11,34H2,1-3H3. The topological polar surface area (TPSA) is 113 Å². The van der Waals surface area contributed by atoms with Gasteiger partial charge in [0.25, 0.3) is 0 Å². The Bertz CT molecular complexity index is 1470. The molecule has 0 aliphatic carbocycles. The number of nitrogens with zero attached hydrogens (tertiary/aromatic N) is 1. The van der Waals surface area contributed by atoms with Crippen LogP contribution in [0, 0.1) is 11.3 Å². The van der Waals surface area contributed by atoms with Crippen LogP contribution in [0.1, 0.15) is 54.6 Å². The first kappa shape index (κ1) is 28.9. The van der Waals surface area contributed by atoms with Gasteiger partial charge in [-0.15, -0.1) is 0 Å². The molecule has 10 heteroatoms. The second kappa shape index (κ2) is 12.9. The number of carbonyl (C=O) groups is 1. The van der Waals surface area contributed by atoms with E-state index in [2.05, 4.69) is 6.07 Å². The summed E-state index contributed by atoms with van der Waals surface area (Å²) in [4.78, 5) is 12.9. The molecule has 0 saturated carbocycles. The largest absolute Gasteiger partial charge is 0.491 e. The van der Waals surface area contributed by atoms with Crippen molar-refractivity contribution in [1.82, 2.24) is 0 Å². The number of hydrogen-bond donors (Lipinski definition) is 1. The highest BCUT2D eigenvalue weighted by molar-refractivity contribution is 6.37. The van der Waals surface area contributed by atoms with Gasteiger partial charge in [-0.1, -0.05) is 42.3 Å². The minimum atomic E-state index is -0.676. The van der Waals surface area contributed by atoms with Crippen LogP contribution in [0.15, 0.2) is 60.0 Å². The average Bonchev–Trinajstić information content (AvgIpc) is 2.93. The van der Waals surface area contributed by atoms with E-state index in [9.17, 15) is 10.1 Å². The van der Waals surface area contributed by atoms with Gasteiger partial charge in [0.1, 0.15) is 23.1 Å². The minimum Gasteiger partial charge on any atom is -0.491 e. The van der Waals surface area contributed by atoms with Crippen molar-refractivity contribution in [1.29, 1.82) is 5.26 Å².